The summed E-state index contributed by atoms with van der Waals surface area (Å²) in [5.74, 6) is 1.89. The molecule has 0 aliphatic heterocycles. The highest BCUT2D eigenvalue weighted by atomic mass is 32.1. The van der Waals surface area contributed by atoms with Crippen LogP contribution in [0.5, 0.6) is 0 Å². The van der Waals surface area contributed by atoms with Crippen molar-refractivity contribution in [3.05, 3.63) is 157 Å². The molecule has 0 atom stereocenters. The lowest BCUT2D eigenvalue weighted by Gasteiger charge is -2.14. The highest BCUT2D eigenvalue weighted by Crippen LogP contribution is 2.41. The van der Waals surface area contributed by atoms with E-state index in [-0.39, 0.29) is 0 Å². The standard InChI is InChI=1S/C45H29N3OS/c1-3-11-28(12-4-1)29-19-21-31(22-20-29)43-46-44(32-23-24-35-34-15-8-10-18-40(34)50-41(35)27-32)48-45(47-43)33-25-37(30-13-5-2-6-14-30)42-36-16-7-9-17-38(36)49-39(42)26-33/h1-5,7-13,15-27H,6,14H2. The number of hydrogen-bond acceptors (Lipinski definition) is 5. The lowest BCUT2D eigenvalue weighted by atomic mass is 9.92. The van der Waals surface area contributed by atoms with Crippen molar-refractivity contribution in [2.75, 3.05) is 0 Å². The largest absolute Gasteiger partial charge is 0.456 e. The molecule has 0 radical (unpaired) electrons. The third kappa shape index (κ3) is 4.94. The zero-order valence-electron chi connectivity index (χ0n) is 27.0. The Labute approximate surface area is 292 Å². The summed E-state index contributed by atoms with van der Waals surface area (Å²) in [5.41, 5.74) is 9.26. The summed E-state index contributed by atoms with van der Waals surface area (Å²) in [4.78, 5) is 15.4. The number of allylic oxidation sites excluding steroid dienone is 4. The molecule has 3 aromatic heterocycles. The van der Waals surface area contributed by atoms with Crippen LogP contribution in [0.4, 0.5) is 0 Å². The monoisotopic (exact) mass is 659 g/mol. The van der Waals surface area contributed by atoms with Gasteiger partial charge in [-0.3, -0.25) is 0 Å². The van der Waals surface area contributed by atoms with Gasteiger partial charge in [-0.1, -0.05) is 121 Å². The second-order valence-electron chi connectivity index (χ2n) is 12.7. The number of aromatic nitrogens is 3. The Hall–Kier alpha value is -6.17. The molecule has 9 aromatic rings. The van der Waals surface area contributed by atoms with Crippen LogP contribution in [-0.2, 0) is 0 Å². The first-order chi connectivity index (χ1) is 24.7. The minimum Gasteiger partial charge on any atom is -0.456 e. The Balaban J connectivity index is 1.18. The maximum Gasteiger partial charge on any atom is 0.164 e. The summed E-state index contributed by atoms with van der Waals surface area (Å²) < 4.78 is 8.98. The van der Waals surface area contributed by atoms with Crippen molar-refractivity contribution in [3.8, 4) is 45.3 Å². The Morgan fingerprint density at radius 2 is 1.16 bits per heavy atom. The molecule has 0 unspecified atom stereocenters. The third-order valence-corrected chi connectivity index (χ3v) is 10.8. The van der Waals surface area contributed by atoms with Gasteiger partial charge >= 0.3 is 0 Å². The predicted octanol–water partition coefficient (Wildman–Crippen LogP) is 12.5. The van der Waals surface area contributed by atoms with Crippen molar-refractivity contribution < 1.29 is 4.42 Å². The minimum absolute atomic E-state index is 0.615. The van der Waals surface area contributed by atoms with Crippen LogP contribution in [-0.4, -0.2) is 15.0 Å². The van der Waals surface area contributed by atoms with Crippen LogP contribution in [0.3, 0.4) is 0 Å². The number of nitrogens with zero attached hydrogens (tertiary/aromatic N) is 3. The number of para-hydroxylation sites is 1. The SMILES string of the molecule is C1=CCCC(c2cc(-c3nc(-c4ccc(-c5ccccc5)cc4)nc(-c4ccc5c(c4)sc4ccccc45)n3)cc3oc4ccccc4c23)=C1. The Morgan fingerprint density at radius 3 is 1.98 bits per heavy atom. The number of fused-ring (bicyclic) bond motifs is 6. The topological polar surface area (TPSA) is 51.8 Å². The Kier molecular flexibility index (Phi) is 6.78. The van der Waals surface area contributed by atoms with Gasteiger partial charge in [-0.15, -0.1) is 11.3 Å². The van der Waals surface area contributed by atoms with Crippen molar-refractivity contribution in [3.63, 3.8) is 0 Å². The van der Waals surface area contributed by atoms with E-state index in [9.17, 15) is 0 Å². The highest BCUT2D eigenvalue weighted by Gasteiger charge is 2.20. The summed E-state index contributed by atoms with van der Waals surface area (Å²) in [5, 5.41) is 4.77. The molecule has 0 N–H and O–H groups in total. The number of hydrogen-bond donors (Lipinski definition) is 0. The summed E-state index contributed by atoms with van der Waals surface area (Å²) in [7, 11) is 0. The molecule has 5 heteroatoms. The zero-order valence-corrected chi connectivity index (χ0v) is 27.8. The van der Waals surface area contributed by atoms with Gasteiger partial charge in [-0.25, -0.2) is 15.0 Å². The molecule has 0 amide bonds. The first kappa shape index (κ1) is 28.8. The quantitative estimate of drug-likeness (QED) is 0.184. The average Bonchev–Trinajstić information content (AvgIpc) is 3.76. The molecule has 3 heterocycles. The first-order valence-corrected chi connectivity index (χ1v) is 17.7. The van der Waals surface area contributed by atoms with Crippen molar-refractivity contribution in [1.82, 2.24) is 15.0 Å². The highest BCUT2D eigenvalue weighted by molar-refractivity contribution is 7.25. The van der Waals surface area contributed by atoms with Gasteiger partial charge in [0.15, 0.2) is 17.5 Å². The molecule has 4 nitrogen and oxygen atoms in total. The zero-order chi connectivity index (χ0) is 33.0. The van der Waals surface area contributed by atoms with Gasteiger partial charge in [0.25, 0.3) is 0 Å². The van der Waals surface area contributed by atoms with Crippen molar-refractivity contribution in [2.24, 2.45) is 0 Å². The van der Waals surface area contributed by atoms with E-state index in [2.05, 4.69) is 133 Å². The van der Waals surface area contributed by atoms with Crippen LogP contribution in [0.25, 0.3) is 93.0 Å². The predicted molar refractivity (Wildman–Crippen MR) is 208 cm³/mol. The molecule has 0 saturated heterocycles. The fourth-order valence-corrected chi connectivity index (χ4v) is 8.28. The van der Waals surface area contributed by atoms with E-state index in [0.717, 1.165) is 62.6 Å². The van der Waals surface area contributed by atoms with Crippen LogP contribution in [0.15, 0.2) is 156 Å². The molecular formula is C45H29N3OS. The Bertz CT molecular complexity index is 2810. The van der Waals surface area contributed by atoms with E-state index in [1.165, 1.54) is 31.3 Å². The van der Waals surface area contributed by atoms with E-state index < -0.39 is 0 Å². The molecule has 0 bridgehead atoms. The van der Waals surface area contributed by atoms with Crippen molar-refractivity contribution in [1.29, 1.82) is 0 Å². The molecule has 0 saturated carbocycles. The van der Waals surface area contributed by atoms with Crippen LogP contribution in [0, 0.1) is 0 Å². The molecule has 1 aliphatic rings. The summed E-state index contributed by atoms with van der Waals surface area (Å²) in [6.07, 6.45) is 8.57. The molecule has 50 heavy (non-hydrogen) atoms. The number of benzene rings is 6. The second kappa shape index (κ2) is 11.8. The fraction of sp³-hybridized carbons (Fsp3) is 0.0444. The average molecular weight is 660 g/mol. The first-order valence-electron chi connectivity index (χ1n) is 16.9. The maximum atomic E-state index is 6.49. The lowest BCUT2D eigenvalue weighted by Crippen LogP contribution is -2.01. The normalized spacial score (nSPS) is 13.1. The van der Waals surface area contributed by atoms with Crippen molar-refractivity contribution in [2.45, 2.75) is 12.8 Å². The maximum absolute atomic E-state index is 6.49. The van der Waals surface area contributed by atoms with Gasteiger partial charge < -0.3 is 4.42 Å². The van der Waals surface area contributed by atoms with Crippen molar-refractivity contribution >= 4 is 59.0 Å². The lowest BCUT2D eigenvalue weighted by molar-refractivity contribution is 0.669. The van der Waals surface area contributed by atoms with Gasteiger partial charge in [0.2, 0.25) is 0 Å². The molecule has 1 aliphatic carbocycles. The van der Waals surface area contributed by atoms with Crippen LogP contribution >= 0.6 is 11.3 Å². The van der Waals surface area contributed by atoms with E-state index in [4.69, 9.17) is 19.4 Å². The third-order valence-electron chi connectivity index (χ3n) is 9.62. The fourth-order valence-electron chi connectivity index (χ4n) is 7.13. The van der Waals surface area contributed by atoms with E-state index in [0.29, 0.717) is 17.5 Å². The van der Waals surface area contributed by atoms with E-state index in [1.54, 1.807) is 11.3 Å². The van der Waals surface area contributed by atoms with E-state index in [1.807, 2.05) is 18.2 Å². The van der Waals surface area contributed by atoms with E-state index >= 15 is 0 Å². The Morgan fingerprint density at radius 1 is 0.500 bits per heavy atom. The van der Waals surface area contributed by atoms with Gasteiger partial charge in [0.05, 0.1) is 0 Å². The van der Waals surface area contributed by atoms with Crippen LogP contribution in [0.1, 0.15) is 18.4 Å². The van der Waals surface area contributed by atoms with Gasteiger partial charge in [-0.2, -0.15) is 0 Å². The van der Waals surface area contributed by atoms with Crippen LogP contribution in [0.2, 0.25) is 0 Å². The summed E-state index contributed by atoms with van der Waals surface area (Å²) in [6.45, 7) is 0. The number of thiophene rings is 1. The smallest absolute Gasteiger partial charge is 0.164 e. The number of furan rings is 1. The molecule has 10 rings (SSSR count). The molecule has 236 valence electrons. The second-order valence-corrected chi connectivity index (χ2v) is 13.8. The van der Waals surface area contributed by atoms with Gasteiger partial charge in [0, 0.05) is 47.6 Å². The van der Waals surface area contributed by atoms with Crippen LogP contribution < -0.4 is 0 Å². The van der Waals surface area contributed by atoms with Gasteiger partial charge in [-0.05, 0) is 65.4 Å². The molecule has 0 spiro atoms. The molecule has 6 aromatic carbocycles. The molecular weight excluding hydrogens is 631 g/mol. The minimum atomic E-state index is 0.615. The number of rotatable bonds is 5. The summed E-state index contributed by atoms with van der Waals surface area (Å²) >= 11 is 1.80. The summed E-state index contributed by atoms with van der Waals surface area (Å²) in [6, 6.07) is 46.6. The van der Waals surface area contributed by atoms with Gasteiger partial charge in [0.1, 0.15) is 11.2 Å². The molecule has 0 fully saturated rings.